The fourth-order valence-electron chi connectivity index (χ4n) is 2.20. The highest BCUT2D eigenvalue weighted by Gasteiger charge is 2.31. The van der Waals surface area contributed by atoms with Crippen LogP contribution in [0, 0.1) is 0 Å². The van der Waals surface area contributed by atoms with Crippen LogP contribution in [0.5, 0.6) is 0 Å². The first-order valence-corrected chi connectivity index (χ1v) is 6.91. The monoisotopic (exact) mass is 268 g/mol. The van der Waals surface area contributed by atoms with Gasteiger partial charge in [0.15, 0.2) is 0 Å². The second-order valence-electron chi connectivity index (χ2n) is 5.64. The Morgan fingerprint density at radius 1 is 1.39 bits per heavy atom. The van der Waals surface area contributed by atoms with E-state index in [2.05, 4.69) is 38.8 Å². The predicted molar refractivity (Wildman–Crippen MR) is 80.0 cm³/mol. The number of hydrogen-bond donors (Lipinski definition) is 1. The number of hydrogen-bond acceptors (Lipinski definition) is 2. The summed E-state index contributed by atoms with van der Waals surface area (Å²) in [7, 11) is 2.14. The summed E-state index contributed by atoms with van der Waals surface area (Å²) in [4.78, 5) is 2.35. The van der Waals surface area contributed by atoms with Gasteiger partial charge in [-0.1, -0.05) is 30.7 Å². The second-order valence-corrected chi connectivity index (χ2v) is 6.07. The molecule has 0 saturated carbocycles. The highest BCUT2D eigenvalue weighted by Crippen LogP contribution is 2.31. The summed E-state index contributed by atoms with van der Waals surface area (Å²) >= 11 is 6.09. The summed E-state index contributed by atoms with van der Waals surface area (Å²) < 4.78 is 0. The fraction of sp³-hybridized carbons (Fsp3) is 0.600. The molecule has 0 bridgehead atoms. The maximum atomic E-state index is 6.19. The van der Waals surface area contributed by atoms with Crippen LogP contribution in [0.4, 0.5) is 0 Å². The van der Waals surface area contributed by atoms with Gasteiger partial charge in [0.05, 0.1) is 0 Å². The van der Waals surface area contributed by atoms with Crippen LogP contribution in [0.3, 0.4) is 0 Å². The predicted octanol–water partition coefficient (Wildman–Crippen LogP) is 3.85. The minimum absolute atomic E-state index is 0.0549. The summed E-state index contributed by atoms with van der Waals surface area (Å²) in [5.74, 6) is 0. The number of nitrogens with two attached hydrogens (primary N) is 1. The van der Waals surface area contributed by atoms with Crippen LogP contribution in [0.25, 0.3) is 0 Å². The summed E-state index contributed by atoms with van der Waals surface area (Å²) in [6.07, 6.45) is 1.08. The summed E-state index contributed by atoms with van der Waals surface area (Å²) in [6.45, 7) is 8.74. The van der Waals surface area contributed by atoms with Gasteiger partial charge in [-0.15, -0.1) is 0 Å². The van der Waals surface area contributed by atoms with Crippen LogP contribution in [0.1, 0.15) is 45.7 Å². The van der Waals surface area contributed by atoms with Gasteiger partial charge in [0, 0.05) is 22.6 Å². The van der Waals surface area contributed by atoms with Crippen LogP contribution >= 0.6 is 11.6 Å². The maximum absolute atomic E-state index is 6.19. The van der Waals surface area contributed by atoms with Crippen molar-refractivity contribution in [1.29, 1.82) is 0 Å². The Balaban J connectivity index is 3.11. The Labute approximate surface area is 116 Å². The first kappa shape index (κ1) is 15.5. The molecule has 1 aromatic rings. The van der Waals surface area contributed by atoms with E-state index in [0.717, 1.165) is 11.4 Å². The first-order valence-electron chi connectivity index (χ1n) is 6.53. The van der Waals surface area contributed by atoms with Gasteiger partial charge in [-0.05, 0) is 51.9 Å². The van der Waals surface area contributed by atoms with Gasteiger partial charge < -0.3 is 5.73 Å². The van der Waals surface area contributed by atoms with E-state index in [-0.39, 0.29) is 17.6 Å². The van der Waals surface area contributed by atoms with Gasteiger partial charge in [-0.3, -0.25) is 4.90 Å². The molecule has 1 rings (SSSR count). The molecule has 0 aliphatic heterocycles. The third-order valence-corrected chi connectivity index (χ3v) is 4.16. The van der Waals surface area contributed by atoms with Crippen molar-refractivity contribution in [2.75, 3.05) is 7.05 Å². The van der Waals surface area contributed by atoms with Gasteiger partial charge in [-0.2, -0.15) is 0 Å². The lowest BCUT2D eigenvalue weighted by atomic mass is 9.92. The Kier molecular flexibility index (Phi) is 5.20. The lowest BCUT2D eigenvalue weighted by Crippen LogP contribution is -2.48. The molecular formula is C15H25ClN2. The number of nitrogens with zero attached hydrogens (tertiary/aromatic N) is 1. The summed E-state index contributed by atoms with van der Waals surface area (Å²) in [6, 6.07) is 8.23. The van der Waals surface area contributed by atoms with Crippen molar-refractivity contribution in [2.45, 2.75) is 51.7 Å². The molecule has 2 unspecified atom stereocenters. The van der Waals surface area contributed by atoms with Crippen molar-refractivity contribution in [3.8, 4) is 0 Å². The lowest BCUT2D eigenvalue weighted by molar-refractivity contribution is 0.0847. The van der Waals surface area contributed by atoms with Crippen molar-refractivity contribution in [1.82, 2.24) is 4.90 Å². The number of likely N-dealkylation sites (N-methyl/N-ethyl adjacent to an activating group) is 1. The molecule has 0 amide bonds. The molecule has 2 N–H and O–H groups in total. The number of benzene rings is 1. The van der Waals surface area contributed by atoms with Crippen LogP contribution in [-0.4, -0.2) is 23.5 Å². The molecule has 2 nitrogen and oxygen atoms in total. The zero-order valence-corrected chi connectivity index (χ0v) is 12.8. The normalized spacial score (nSPS) is 15.8. The van der Waals surface area contributed by atoms with Gasteiger partial charge in [0.2, 0.25) is 0 Å². The molecule has 0 radical (unpaired) electrons. The molecule has 18 heavy (non-hydrogen) atoms. The van der Waals surface area contributed by atoms with Gasteiger partial charge in [0.1, 0.15) is 0 Å². The van der Waals surface area contributed by atoms with Crippen molar-refractivity contribution in [3.63, 3.8) is 0 Å². The minimum Gasteiger partial charge on any atom is -0.326 e. The van der Waals surface area contributed by atoms with E-state index >= 15 is 0 Å². The van der Waals surface area contributed by atoms with E-state index < -0.39 is 0 Å². The summed E-state index contributed by atoms with van der Waals surface area (Å²) in [5, 5.41) is 0.765. The second kappa shape index (κ2) is 6.05. The Morgan fingerprint density at radius 2 is 2.00 bits per heavy atom. The molecule has 0 heterocycles. The standard InChI is InChI=1S/C15H25ClN2/c1-6-15(3,4)18(5)14(11(2)17)12-8-7-9-13(16)10-12/h7-11,14H,6,17H2,1-5H3. The molecular weight excluding hydrogens is 244 g/mol. The minimum atomic E-state index is 0.0549. The van der Waals surface area contributed by atoms with Crippen molar-refractivity contribution < 1.29 is 0 Å². The van der Waals surface area contributed by atoms with E-state index in [1.54, 1.807) is 0 Å². The average Bonchev–Trinajstić information content (AvgIpc) is 2.28. The van der Waals surface area contributed by atoms with Crippen molar-refractivity contribution in [3.05, 3.63) is 34.9 Å². The molecule has 0 aromatic heterocycles. The van der Waals surface area contributed by atoms with E-state index in [1.165, 1.54) is 5.56 Å². The molecule has 0 spiro atoms. The molecule has 2 atom stereocenters. The zero-order valence-electron chi connectivity index (χ0n) is 12.1. The Bertz CT molecular complexity index is 388. The fourth-order valence-corrected chi connectivity index (χ4v) is 2.40. The van der Waals surface area contributed by atoms with Crippen LogP contribution in [0.15, 0.2) is 24.3 Å². The molecule has 1 aromatic carbocycles. The third-order valence-electron chi connectivity index (χ3n) is 3.93. The quantitative estimate of drug-likeness (QED) is 0.879. The highest BCUT2D eigenvalue weighted by atomic mass is 35.5. The third kappa shape index (κ3) is 3.47. The number of halogens is 1. The van der Waals surface area contributed by atoms with E-state index in [1.807, 2.05) is 25.1 Å². The van der Waals surface area contributed by atoms with Crippen LogP contribution < -0.4 is 5.73 Å². The van der Waals surface area contributed by atoms with E-state index in [9.17, 15) is 0 Å². The molecule has 0 saturated heterocycles. The van der Waals surface area contributed by atoms with Gasteiger partial charge in [-0.25, -0.2) is 0 Å². The molecule has 0 aliphatic rings. The molecule has 0 fully saturated rings. The Morgan fingerprint density at radius 3 is 2.44 bits per heavy atom. The van der Waals surface area contributed by atoms with Crippen molar-refractivity contribution >= 4 is 11.6 Å². The SMILES string of the molecule is CCC(C)(C)N(C)C(c1cccc(Cl)c1)C(C)N. The number of rotatable bonds is 5. The average molecular weight is 269 g/mol. The van der Waals surface area contributed by atoms with Crippen molar-refractivity contribution in [2.24, 2.45) is 5.73 Å². The molecule has 3 heteroatoms. The van der Waals surface area contributed by atoms with E-state index in [0.29, 0.717) is 0 Å². The van der Waals surface area contributed by atoms with E-state index in [4.69, 9.17) is 17.3 Å². The lowest BCUT2D eigenvalue weighted by Gasteiger charge is -2.42. The largest absolute Gasteiger partial charge is 0.326 e. The molecule has 102 valence electrons. The smallest absolute Gasteiger partial charge is 0.0499 e. The van der Waals surface area contributed by atoms with Crippen LogP contribution in [-0.2, 0) is 0 Å². The van der Waals surface area contributed by atoms with Crippen LogP contribution in [0.2, 0.25) is 5.02 Å². The zero-order chi connectivity index (χ0) is 13.9. The highest BCUT2D eigenvalue weighted by molar-refractivity contribution is 6.30. The summed E-state index contributed by atoms with van der Waals surface area (Å²) in [5.41, 5.74) is 7.48. The first-order chi connectivity index (χ1) is 8.29. The maximum Gasteiger partial charge on any atom is 0.0499 e. The van der Waals surface area contributed by atoms with Gasteiger partial charge >= 0.3 is 0 Å². The van der Waals surface area contributed by atoms with Gasteiger partial charge in [0.25, 0.3) is 0 Å². The molecule has 0 aliphatic carbocycles. The topological polar surface area (TPSA) is 29.3 Å². The Hall–Kier alpha value is -0.570.